The molecule has 0 aliphatic carbocycles. The van der Waals surface area contributed by atoms with Crippen LogP contribution in [0.25, 0.3) is 0 Å². The normalized spacial score (nSPS) is 12.6. The lowest BCUT2D eigenvalue weighted by Gasteiger charge is -2.22. The molecule has 17 heavy (non-hydrogen) atoms. The van der Waals surface area contributed by atoms with Crippen LogP contribution in [0.15, 0.2) is 29.3 Å². The number of nitrogens with two attached hydrogens (primary N) is 1. The van der Waals surface area contributed by atoms with Crippen LogP contribution in [0.2, 0.25) is 0 Å². The fourth-order valence-corrected chi connectivity index (χ4v) is 1.51. The second kappa shape index (κ2) is 5.21. The summed E-state index contributed by atoms with van der Waals surface area (Å²) in [6.07, 6.45) is 1.05. The molecule has 0 atom stereocenters. The SMILES string of the molecule is CCc1ccc(N(C)C(N)=NC(C)(C)C)cc1. The lowest BCUT2D eigenvalue weighted by molar-refractivity contribution is 0.581. The van der Waals surface area contributed by atoms with Crippen molar-refractivity contribution in [1.29, 1.82) is 0 Å². The number of nitrogens with zero attached hydrogens (tertiary/aromatic N) is 2. The summed E-state index contributed by atoms with van der Waals surface area (Å²) in [5, 5.41) is 0. The molecule has 0 saturated heterocycles. The summed E-state index contributed by atoms with van der Waals surface area (Å²) in [5.41, 5.74) is 8.22. The Balaban J connectivity index is 2.88. The smallest absolute Gasteiger partial charge is 0.196 e. The van der Waals surface area contributed by atoms with E-state index in [0.717, 1.165) is 12.1 Å². The summed E-state index contributed by atoms with van der Waals surface area (Å²) >= 11 is 0. The van der Waals surface area contributed by atoms with Gasteiger partial charge in [-0.3, -0.25) is 0 Å². The Morgan fingerprint density at radius 3 is 2.18 bits per heavy atom. The third kappa shape index (κ3) is 4.10. The minimum atomic E-state index is -0.151. The minimum Gasteiger partial charge on any atom is -0.370 e. The number of rotatable bonds is 2. The van der Waals surface area contributed by atoms with E-state index < -0.39 is 0 Å². The molecule has 0 amide bonds. The Kier molecular flexibility index (Phi) is 4.16. The van der Waals surface area contributed by atoms with Crippen LogP contribution in [0.4, 0.5) is 5.69 Å². The van der Waals surface area contributed by atoms with Crippen molar-refractivity contribution < 1.29 is 0 Å². The zero-order valence-electron chi connectivity index (χ0n) is 11.5. The highest BCUT2D eigenvalue weighted by Gasteiger charge is 2.11. The first-order valence-corrected chi connectivity index (χ1v) is 6.01. The number of aliphatic imine (C=N–C) groups is 1. The van der Waals surface area contributed by atoms with Crippen LogP contribution in [0.3, 0.4) is 0 Å². The minimum absolute atomic E-state index is 0.151. The molecule has 0 radical (unpaired) electrons. The van der Waals surface area contributed by atoms with Crippen molar-refractivity contribution in [2.24, 2.45) is 10.7 Å². The summed E-state index contributed by atoms with van der Waals surface area (Å²) in [6, 6.07) is 8.39. The average molecular weight is 233 g/mol. The molecule has 0 aliphatic heterocycles. The Morgan fingerprint density at radius 1 is 1.24 bits per heavy atom. The van der Waals surface area contributed by atoms with E-state index in [2.05, 4.69) is 36.2 Å². The molecule has 0 bridgehead atoms. The molecule has 2 N–H and O–H groups in total. The van der Waals surface area contributed by atoms with Crippen molar-refractivity contribution in [3.63, 3.8) is 0 Å². The van der Waals surface area contributed by atoms with Crippen molar-refractivity contribution in [2.75, 3.05) is 11.9 Å². The monoisotopic (exact) mass is 233 g/mol. The van der Waals surface area contributed by atoms with E-state index >= 15 is 0 Å². The van der Waals surface area contributed by atoms with Gasteiger partial charge in [-0.25, -0.2) is 4.99 Å². The topological polar surface area (TPSA) is 41.6 Å². The van der Waals surface area contributed by atoms with Crippen molar-refractivity contribution in [3.8, 4) is 0 Å². The molecule has 1 aromatic rings. The second-order valence-electron chi connectivity index (χ2n) is 5.22. The van der Waals surface area contributed by atoms with Crippen molar-refractivity contribution in [1.82, 2.24) is 0 Å². The van der Waals surface area contributed by atoms with Gasteiger partial charge < -0.3 is 10.6 Å². The van der Waals surface area contributed by atoms with E-state index in [0.29, 0.717) is 5.96 Å². The van der Waals surface area contributed by atoms with Gasteiger partial charge in [0.1, 0.15) is 0 Å². The largest absolute Gasteiger partial charge is 0.370 e. The third-order valence-electron chi connectivity index (χ3n) is 2.53. The van der Waals surface area contributed by atoms with Crippen molar-refractivity contribution in [2.45, 2.75) is 39.7 Å². The van der Waals surface area contributed by atoms with Gasteiger partial charge in [-0.1, -0.05) is 19.1 Å². The fourth-order valence-electron chi connectivity index (χ4n) is 1.51. The molecule has 0 fully saturated rings. The standard InChI is InChI=1S/C14H23N3/c1-6-11-7-9-12(10-8-11)17(5)13(15)16-14(2,3)4/h7-10H,6H2,1-5H3,(H2,15,16). The second-order valence-corrected chi connectivity index (χ2v) is 5.22. The predicted molar refractivity (Wildman–Crippen MR) is 75.6 cm³/mol. The lowest BCUT2D eigenvalue weighted by Crippen LogP contribution is -2.36. The Morgan fingerprint density at radius 2 is 1.76 bits per heavy atom. The maximum absolute atomic E-state index is 5.98. The Hall–Kier alpha value is -1.51. The van der Waals surface area contributed by atoms with Gasteiger partial charge in [-0.05, 0) is 44.9 Å². The Bertz CT molecular complexity index is 385. The molecule has 3 nitrogen and oxygen atoms in total. The summed E-state index contributed by atoms with van der Waals surface area (Å²) in [7, 11) is 1.94. The van der Waals surface area contributed by atoms with E-state index in [9.17, 15) is 0 Å². The molecule has 0 aliphatic rings. The first-order valence-electron chi connectivity index (χ1n) is 6.01. The van der Waals surface area contributed by atoms with Gasteiger partial charge >= 0.3 is 0 Å². The van der Waals surface area contributed by atoms with E-state index in [-0.39, 0.29) is 5.54 Å². The molecule has 1 aromatic carbocycles. The van der Waals surface area contributed by atoms with Crippen molar-refractivity contribution >= 4 is 11.6 Å². The van der Waals surface area contributed by atoms with Gasteiger partial charge in [0.25, 0.3) is 0 Å². The van der Waals surface area contributed by atoms with Gasteiger partial charge in [0.15, 0.2) is 5.96 Å². The quantitative estimate of drug-likeness (QED) is 0.630. The molecule has 1 rings (SSSR count). The number of guanidine groups is 1. The Labute approximate surface area is 104 Å². The molecule has 0 unspecified atom stereocenters. The number of aryl methyl sites for hydroxylation is 1. The zero-order chi connectivity index (χ0) is 13.1. The first-order chi connectivity index (χ1) is 7.83. The number of hydrogen-bond acceptors (Lipinski definition) is 1. The summed E-state index contributed by atoms with van der Waals surface area (Å²) in [6.45, 7) is 8.25. The molecule has 0 aromatic heterocycles. The van der Waals surface area contributed by atoms with Crippen LogP contribution in [0.1, 0.15) is 33.3 Å². The summed E-state index contributed by atoms with van der Waals surface area (Å²) in [5.74, 6) is 0.543. The molecular weight excluding hydrogens is 210 g/mol. The highest BCUT2D eigenvalue weighted by molar-refractivity contribution is 5.94. The first kappa shape index (κ1) is 13.6. The maximum atomic E-state index is 5.98. The molecule has 3 heteroatoms. The van der Waals surface area contributed by atoms with Crippen molar-refractivity contribution in [3.05, 3.63) is 29.8 Å². The molecule has 0 spiro atoms. The lowest BCUT2D eigenvalue weighted by atomic mass is 10.1. The predicted octanol–water partition coefficient (Wildman–Crippen LogP) is 2.80. The van der Waals surface area contributed by atoms with Crippen LogP contribution < -0.4 is 10.6 Å². The molecular formula is C14H23N3. The van der Waals surface area contributed by atoms with Crippen LogP contribution >= 0.6 is 0 Å². The highest BCUT2D eigenvalue weighted by atomic mass is 15.2. The molecule has 0 heterocycles. The van der Waals surface area contributed by atoms with E-state index in [1.54, 1.807) is 0 Å². The van der Waals surface area contributed by atoms with Gasteiger partial charge in [0, 0.05) is 12.7 Å². The van der Waals surface area contributed by atoms with E-state index in [1.165, 1.54) is 5.56 Å². The number of hydrogen-bond donors (Lipinski definition) is 1. The van der Waals surface area contributed by atoms with E-state index in [4.69, 9.17) is 5.73 Å². The fraction of sp³-hybridized carbons (Fsp3) is 0.500. The van der Waals surface area contributed by atoms with Crippen LogP contribution in [-0.4, -0.2) is 18.5 Å². The molecule has 0 saturated carbocycles. The summed E-state index contributed by atoms with van der Waals surface area (Å²) < 4.78 is 0. The highest BCUT2D eigenvalue weighted by Crippen LogP contribution is 2.15. The maximum Gasteiger partial charge on any atom is 0.196 e. The van der Waals surface area contributed by atoms with Crippen LogP contribution in [0, 0.1) is 0 Å². The van der Waals surface area contributed by atoms with Crippen LogP contribution in [0.5, 0.6) is 0 Å². The average Bonchev–Trinajstić information content (AvgIpc) is 2.26. The van der Waals surface area contributed by atoms with Gasteiger partial charge in [-0.15, -0.1) is 0 Å². The van der Waals surface area contributed by atoms with Gasteiger partial charge in [-0.2, -0.15) is 0 Å². The van der Waals surface area contributed by atoms with Crippen LogP contribution in [-0.2, 0) is 6.42 Å². The van der Waals surface area contributed by atoms with E-state index in [1.807, 2.05) is 32.7 Å². The summed E-state index contributed by atoms with van der Waals surface area (Å²) in [4.78, 5) is 6.36. The third-order valence-corrected chi connectivity index (χ3v) is 2.53. The van der Waals surface area contributed by atoms with Gasteiger partial charge in [0.2, 0.25) is 0 Å². The zero-order valence-corrected chi connectivity index (χ0v) is 11.5. The van der Waals surface area contributed by atoms with Gasteiger partial charge in [0.05, 0.1) is 5.54 Å². The molecule has 94 valence electrons. The number of anilines is 1. The number of benzene rings is 1.